The Bertz CT molecular complexity index is 394. The topological polar surface area (TPSA) is 23.6 Å². The quantitative estimate of drug-likeness (QED) is 0.747. The summed E-state index contributed by atoms with van der Waals surface area (Å²) in [5.74, 6) is 0.164. The third kappa shape index (κ3) is 2.47. The Morgan fingerprint density at radius 3 is 2.88 bits per heavy atom. The van der Waals surface area contributed by atoms with E-state index in [1.165, 1.54) is 0 Å². The summed E-state index contributed by atoms with van der Waals surface area (Å²) >= 11 is 5.95. The Hall–Kier alpha value is -1.22. The number of likely N-dealkylation sites (N-methyl/N-ethyl adjacent to an activating group) is 1. The number of halogens is 1. The van der Waals surface area contributed by atoms with Crippen LogP contribution in [0.1, 0.15) is 6.42 Å². The molecule has 1 saturated heterocycles. The highest BCUT2D eigenvalue weighted by Gasteiger charge is 2.18. The fourth-order valence-electron chi connectivity index (χ4n) is 1.88. The van der Waals surface area contributed by atoms with Crippen molar-refractivity contribution in [3.8, 4) is 0 Å². The first-order valence-electron chi connectivity index (χ1n) is 5.41. The predicted molar refractivity (Wildman–Crippen MR) is 65.9 cm³/mol. The van der Waals surface area contributed by atoms with Gasteiger partial charge in [0.25, 0.3) is 0 Å². The lowest BCUT2D eigenvalue weighted by atomic mass is 10.2. The van der Waals surface area contributed by atoms with Gasteiger partial charge in [0.05, 0.1) is 6.54 Å². The minimum Gasteiger partial charge on any atom is -0.362 e. The molecule has 1 amide bonds. The first-order chi connectivity index (χ1) is 7.66. The molecule has 16 heavy (non-hydrogen) atoms. The highest BCUT2D eigenvalue weighted by molar-refractivity contribution is 6.30. The molecule has 2 rings (SSSR count). The molecule has 0 spiro atoms. The molecule has 0 atom stereocenters. The van der Waals surface area contributed by atoms with Crippen LogP contribution < -0.4 is 4.90 Å². The Kier molecular flexibility index (Phi) is 3.34. The van der Waals surface area contributed by atoms with Crippen LogP contribution in [0.3, 0.4) is 0 Å². The van der Waals surface area contributed by atoms with Gasteiger partial charge in [0.2, 0.25) is 5.91 Å². The molecule has 1 aromatic rings. The first-order valence-corrected chi connectivity index (χ1v) is 5.79. The van der Waals surface area contributed by atoms with Crippen molar-refractivity contribution >= 4 is 23.2 Å². The van der Waals surface area contributed by atoms with Gasteiger partial charge in [-0.15, -0.1) is 0 Å². The molecule has 86 valence electrons. The van der Waals surface area contributed by atoms with E-state index in [0.29, 0.717) is 11.6 Å². The highest BCUT2D eigenvalue weighted by atomic mass is 35.5. The monoisotopic (exact) mass is 238 g/mol. The minimum atomic E-state index is 0.164. The summed E-state index contributed by atoms with van der Waals surface area (Å²) in [6.07, 6.45) is 0.995. The Morgan fingerprint density at radius 1 is 1.31 bits per heavy atom. The van der Waals surface area contributed by atoms with Gasteiger partial charge in [-0.1, -0.05) is 17.7 Å². The number of carbonyl (C=O) groups excluding carboxylic acids is 1. The van der Waals surface area contributed by atoms with Gasteiger partial charge in [-0.2, -0.15) is 0 Å². The molecular weight excluding hydrogens is 224 g/mol. The van der Waals surface area contributed by atoms with Gasteiger partial charge in [-0.3, -0.25) is 4.79 Å². The lowest BCUT2D eigenvalue weighted by Crippen LogP contribution is -2.34. The number of nitrogens with zero attached hydrogens (tertiary/aromatic N) is 2. The van der Waals surface area contributed by atoms with Crippen LogP contribution in [0.2, 0.25) is 5.02 Å². The van der Waals surface area contributed by atoms with Gasteiger partial charge in [-0.05, 0) is 24.6 Å². The first kappa shape index (κ1) is 11.3. The Morgan fingerprint density at radius 2 is 2.12 bits per heavy atom. The number of carbonyl (C=O) groups is 1. The number of benzene rings is 1. The second-order valence-corrected chi connectivity index (χ2v) is 4.51. The standard InChI is InChI=1S/C12H15ClN2O/c1-14-6-3-7-15(9-12(14)16)11-5-2-4-10(13)8-11/h2,4-5,8H,3,6-7,9H2,1H3. The van der Waals surface area contributed by atoms with Crippen LogP contribution >= 0.6 is 11.6 Å². The molecular formula is C12H15ClN2O. The van der Waals surface area contributed by atoms with E-state index in [4.69, 9.17) is 11.6 Å². The van der Waals surface area contributed by atoms with E-state index < -0.39 is 0 Å². The molecule has 0 aliphatic carbocycles. The third-order valence-electron chi connectivity index (χ3n) is 2.85. The summed E-state index contributed by atoms with van der Waals surface area (Å²) < 4.78 is 0. The number of hydrogen-bond acceptors (Lipinski definition) is 2. The molecule has 4 heteroatoms. The molecule has 0 radical (unpaired) electrons. The molecule has 0 unspecified atom stereocenters. The van der Waals surface area contributed by atoms with E-state index in [1.807, 2.05) is 31.3 Å². The molecule has 3 nitrogen and oxygen atoms in total. The molecule has 0 N–H and O–H groups in total. The molecule has 1 aromatic carbocycles. The van der Waals surface area contributed by atoms with Gasteiger partial charge in [0.15, 0.2) is 0 Å². The molecule has 0 saturated carbocycles. The summed E-state index contributed by atoms with van der Waals surface area (Å²) in [5.41, 5.74) is 1.02. The fraction of sp³-hybridized carbons (Fsp3) is 0.417. The molecule has 1 fully saturated rings. The van der Waals surface area contributed by atoms with E-state index in [2.05, 4.69) is 4.90 Å². The van der Waals surface area contributed by atoms with Crippen LogP contribution in [0, 0.1) is 0 Å². The summed E-state index contributed by atoms with van der Waals surface area (Å²) in [4.78, 5) is 15.6. The molecule has 1 aliphatic rings. The van der Waals surface area contributed by atoms with Gasteiger partial charge < -0.3 is 9.80 Å². The van der Waals surface area contributed by atoms with Crippen LogP contribution in [-0.4, -0.2) is 37.5 Å². The van der Waals surface area contributed by atoms with Crippen LogP contribution in [0.4, 0.5) is 5.69 Å². The van der Waals surface area contributed by atoms with Crippen LogP contribution in [-0.2, 0) is 4.79 Å². The number of anilines is 1. The average molecular weight is 239 g/mol. The van der Waals surface area contributed by atoms with Crippen LogP contribution in [0.25, 0.3) is 0 Å². The predicted octanol–water partition coefficient (Wildman–Crippen LogP) is 2.01. The molecule has 0 aromatic heterocycles. The Balaban J connectivity index is 2.18. The van der Waals surface area contributed by atoms with Gasteiger partial charge in [0, 0.05) is 30.8 Å². The molecule has 0 bridgehead atoms. The summed E-state index contributed by atoms with van der Waals surface area (Å²) in [5, 5.41) is 0.711. The second-order valence-electron chi connectivity index (χ2n) is 4.07. The van der Waals surface area contributed by atoms with Crippen LogP contribution in [0.15, 0.2) is 24.3 Å². The van der Waals surface area contributed by atoms with Crippen molar-refractivity contribution in [3.63, 3.8) is 0 Å². The lowest BCUT2D eigenvalue weighted by molar-refractivity contribution is -0.127. The number of rotatable bonds is 1. The van der Waals surface area contributed by atoms with E-state index >= 15 is 0 Å². The van der Waals surface area contributed by atoms with E-state index in [0.717, 1.165) is 25.2 Å². The third-order valence-corrected chi connectivity index (χ3v) is 3.08. The van der Waals surface area contributed by atoms with Crippen molar-refractivity contribution in [2.24, 2.45) is 0 Å². The van der Waals surface area contributed by atoms with Crippen molar-refractivity contribution in [2.75, 3.05) is 31.6 Å². The van der Waals surface area contributed by atoms with E-state index in [-0.39, 0.29) is 5.91 Å². The maximum absolute atomic E-state index is 11.7. The van der Waals surface area contributed by atoms with E-state index in [9.17, 15) is 4.79 Å². The second kappa shape index (κ2) is 4.74. The average Bonchev–Trinajstić information content (AvgIpc) is 2.42. The highest BCUT2D eigenvalue weighted by Crippen LogP contribution is 2.20. The van der Waals surface area contributed by atoms with Gasteiger partial charge >= 0.3 is 0 Å². The fourth-order valence-corrected chi connectivity index (χ4v) is 2.06. The Labute approximate surface area is 101 Å². The smallest absolute Gasteiger partial charge is 0.241 e. The summed E-state index contributed by atoms with van der Waals surface area (Å²) in [6.45, 7) is 2.17. The maximum atomic E-state index is 11.7. The minimum absolute atomic E-state index is 0.164. The normalized spacial score (nSPS) is 17.5. The van der Waals surface area contributed by atoms with Crippen molar-refractivity contribution in [1.29, 1.82) is 0 Å². The summed E-state index contributed by atoms with van der Waals surface area (Å²) in [6, 6.07) is 7.65. The largest absolute Gasteiger partial charge is 0.362 e. The van der Waals surface area contributed by atoms with Crippen molar-refractivity contribution < 1.29 is 4.79 Å². The zero-order valence-corrected chi connectivity index (χ0v) is 10.1. The SMILES string of the molecule is CN1CCCN(c2cccc(Cl)c2)CC1=O. The molecule has 1 aliphatic heterocycles. The van der Waals surface area contributed by atoms with E-state index in [1.54, 1.807) is 4.90 Å². The molecule has 1 heterocycles. The summed E-state index contributed by atoms with van der Waals surface area (Å²) in [7, 11) is 1.85. The van der Waals surface area contributed by atoms with Crippen molar-refractivity contribution in [1.82, 2.24) is 4.90 Å². The zero-order valence-electron chi connectivity index (χ0n) is 9.32. The van der Waals surface area contributed by atoms with Gasteiger partial charge in [0.1, 0.15) is 0 Å². The van der Waals surface area contributed by atoms with Crippen molar-refractivity contribution in [2.45, 2.75) is 6.42 Å². The lowest BCUT2D eigenvalue weighted by Gasteiger charge is -2.21. The number of amides is 1. The van der Waals surface area contributed by atoms with Gasteiger partial charge in [-0.25, -0.2) is 0 Å². The maximum Gasteiger partial charge on any atom is 0.241 e. The van der Waals surface area contributed by atoms with Crippen molar-refractivity contribution in [3.05, 3.63) is 29.3 Å². The van der Waals surface area contributed by atoms with Crippen LogP contribution in [0.5, 0.6) is 0 Å². The zero-order chi connectivity index (χ0) is 11.5. The number of hydrogen-bond donors (Lipinski definition) is 0.